The third-order valence-corrected chi connectivity index (χ3v) is 4.11. The fourth-order valence-electron chi connectivity index (χ4n) is 2.10. The second kappa shape index (κ2) is 2.82. The van der Waals surface area contributed by atoms with Crippen LogP contribution in [0.1, 0.15) is 12.8 Å². The Balaban J connectivity index is 2.32. The Morgan fingerprint density at radius 3 is 2.93 bits per heavy atom. The predicted octanol–water partition coefficient (Wildman–Crippen LogP) is 1.39. The van der Waals surface area contributed by atoms with Gasteiger partial charge in [-0.25, -0.2) is 0 Å². The van der Waals surface area contributed by atoms with Gasteiger partial charge in [0.05, 0.1) is 5.69 Å². The largest absolute Gasteiger partial charge is 0.328 e. The number of nitrogens with zero attached hydrogens (tertiary/aromatic N) is 2. The maximum Gasteiger partial charge on any atom is 0.286 e. The lowest BCUT2D eigenvalue weighted by atomic mass is 10.3. The van der Waals surface area contributed by atoms with Gasteiger partial charge in [-0.2, -0.15) is 8.42 Å². The number of amidine groups is 1. The molecule has 2 aliphatic rings. The molecule has 5 heteroatoms. The van der Waals surface area contributed by atoms with Gasteiger partial charge in [0.1, 0.15) is 10.7 Å². The van der Waals surface area contributed by atoms with Crippen molar-refractivity contribution in [1.82, 2.24) is 0 Å². The van der Waals surface area contributed by atoms with E-state index in [0.717, 1.165) is 25.1 Å². The summed E-state index contributed by atoms with van der Waals surface area (Å²) in [6.07, 6.45) is 1.73. The molecule has 0 unspecified atom stereocenters. The highest BCUT2D eigenvalue weighted by molar-refractivity contribution is 7.90. The number of fused-ring (bicyclic) bond motifs is 3. The molecule has 0 saturated carbocycles. The van der Waals surface area contributed by atoms with E-state index in [-0.39, 0.29) is 0 Å². The van der Waals surface area contributed by atoms with Crippen molar-refractivity contribution in [2.24, 2.45) is 4.40 Å². The number of hydrogen-bond acceptors (Lipinski definition) is 3. The molecule has 0 amide bonds. The molecule has 0 aromatic heterocycles. The molecule has 2 heterocycles. The van der Waals surface area contributed by atoms with E-state index >= 15 is 0 Å². The summed E-state index contributed by atoms with van der Waals surface area (Å²) >= 11 is 0. The molecule has 4 nitrogen and oxygen atoms in total. The maximum atomic E-state index is 11.8. The van der Waals surface area contributed by atoms with Crippen molar-refractivity contribution in [2.75, 3.05) is 11.4 Å². The Labute approximate surface area is 88.3 Å². The van der Waals surface area contributed by atoms with Crippen molar-refractivity contribution in [3.63, 3.8) is 0 Å². The molecule has 0 radical (unpaired) electrons. The number of benzene rings is 1. The van der Waals surface area contributed by atoms with Gasteiger partial charge in [0.15, 0.2) is 0 Å². The van der Waals surface area contributed by atoms with Crippen LogP contribution >= 0.6 is 0 Å². The third kappa shape index (κ3) is 1.19. The van der Waals surface area contributed by atoms with Crippen LogP contribution in [-0.2, 0) is 10.0 Å². The molecule has 0 aliphatic carbocycles. The van der Waals surface area contributed by atoms with Gasteiger partial charge in [-0.1, -0.05) is 12.1 Å². The first-order valence-corrected chi connectivity index (χ1v) is 6.33. The van der Waals surface area contributed by atoms with E-state index in [1.54, 1.807) is 12.1 Å². The first-order valence-electron chi connectivity index (χ1n) is 4.89. The molecule has 0 bridgehead atoms. The minimum atomic E-state index is -3.45. The van der Waals surface area contributed by atoms with Gasteiger partial charge >= 0.3 is 0 Å². The average Bonchev–Trinajstić information content (AvgIpc) is 2.65. The fraction of sp³-hybridized carbons (Fsp3) is 0.300. The van der Waals surface area contributed by atoms with E-state index < -0.39 is 10.0 Å². The summed E-state index contributed by atoms with van der Waals surface area (Å²) in [4.78, 5) is 2.33. The SMILES string of the molecule is O=S1(=O)N=C2CCCN2c2ccccc21. The number of anilines is 1. The van der Waals surface area contributed by atoms with Gasteiger partial charge in [0.2, 0.25) is 0 Å². The zero-order chi connectivity index (χ0) is 10.5. The van der Waals surface area contributed by atoms with Crippen LogP contribution in [0.4, 0.5) is 5.69 Å². The average molecular weight is 222 g/mol. The molecule has 1 saturated heterocycles. The van der Waals surface area contributed by atoms with Crippen LogP contribution in [0.25, 0.3) is 0 Å². The molecule has 3 rings (SSSR count). The van der Waals surface area contributed by atoms with Crippen molar-refractivity contribution < 1.29 is 8.42 Å². The van der Waals surface area contributed by atoms with Crippen molar-refractivity contribution in [1.29, 1.82) is 0 Å². The van der Waals surface area contributed by atoms with Gasteiger partial charge in [-0.05, 0) is 18.6 Å². The lowest BCUT2D eigenvalue weighted by Crippen LogP contribution is -2.30. The van der Waals surface area contributed by atoms with Crippen LogP contribution in [-0.4, -0.2) is 20.8 Å². The quantitative estimate of drug-likeness (QED) is 0.666. The summed E-state index contributed by atoms with van der Waals surface area (Å²) in [6, 6.07) is 7.04. The molecule has 1 fully saturated rings. The molecular weight excluding hydrogens is 212 g/mol. The van der Waals surface area contributed by atoms with Gasteiger partial charge in [-0.15, -0.1) is 4.40 Å². The van der Waals surface area contributed by atoms with E-state index in [4.69, 9.17) is 0 Å². The van der Waals surface area contributed by atoms with Crippen LogP contribution in [0, 0.1) is 0 Å². The zero-order valence-corrected chi connectivity index (χ0v) is 8.87. The van der Waals surface area contributed by atoms with Gasteiger partial charge < -0.3 is 4.90 Å². The minimum Gasteiger partial charge on any atom is -0.328 e. The predicted molar refractivity (Wildman–Crippen MR) is 57.6 cm³/mol. The van der Waals surface area contributed by atoms with Crippen molar-refractivity contribution in [3.8, 4) is 0 Å². The molecule has 2 aliphatic heterocycles. The fourth-order valence-corrected chi connectivity index (χ4v) is 3.36. The Kier molecular flexibility index (Phi) is 1.68. The minimum absolute atomic E-state index is 0.329. The van der Waals surface area contributed by atoms with Gasteiger partial charge in [0.25, 0.3) is 10.0 Å². The first kappa shape index (κ1) is 8.91. The Bertz CT molecular complexity index is 548. The van der Waals surface area contributed by atoms with E-state index in [9.17, 15) is 8.42 Å². The third-order valence-electron chi connectivity index (χ3n) is 2.75. The van der Waals surface area contributed by atoms with Crippen LogP contribution in [0.5, 0.6) is 0 Å². The molecule has 0 spiro atoms. The van der Waals surface area contributed by atoms with Crippen LogP contribution in [0.2, 0.25) is 0 Å². The maximum absolute atomic E-state index is 11.8. The van der Waals surface area contributed by atoms with E-state index in [1.807, 2.05) is 17.0 Å². The van der Waals surface area contributed by atoms with Crippen molar-refractivity contribution in [3.05, 3.63) is 24.3 Å². The number of rotatable bonds is 0. The lowest BCUT2D eigenvalue weighted by Gasteiger charge is -2.24. The molecule has 1 aromatic carbocycles. The van der Waals surface area contributed by atoms with Crippen molar-refractivity contribution >= 4 is 21.5 Å². The highest BCUT2D eigenvalue weighted by Crippen LogP contribution is 2.34. The molecule has 0 atom stereocenters. The Morgan fingerprint density at radius 2 is 2.07 bits per heavy atom. The molecule has 78 valence electrons. The molecular formula is C10H10N2O2S. The summed E-state index contributed by atoms with van der Waals surface area (Å²) in [6.45, 7) is 0.866. The second-order valence-corrected chi connectivity index (χ2v) is 5.28. The zero-order valence-electron chi connectivity index (χ0n) is 8.05. The number of para-hydroxylation sites is 1. The standard InChI is InChI=1S/C10H10N2O2S/c13-15(14)9-5-2-1-4-8(9)12-7-3-6-10(12)11-15/h1-2,4-5H,3,6-7H2. The first-order chi connectivity index (χ1) is 7.18. The second-order valence-electron chi connectivity index (χ2n) is 3.71. The highest BCUT2D eigenvalue weighted by atomic mass is 32.2. The van der Waals surface area contributed by atoms with Crippen molar-refractivity contribution in [2.45, 2.75) is 17.7 Å². The normalized spacial score (nSPS) is 21.9. The molecule has 15 heavy (non-hydrogen) atoms. The topological polar surface area (TPSA) is 49.7 Å². The van der Waals surface area contributed by atoms with E-state index in [2.05, 4.69) is 4.40 Å². The lowest BCUT2D eigenvalue weighted by molar-refractivity contribution is 0.597. The molecule has 0 N–H and O–H groups in total. The smallest absolute Gasteiger partial charge is 0.286 e. The van der Waals surface area contributed by atoms with Crippen LogP contribution < -0.4 is 4.90 Å². The van der Waals surface area contributed by atoms with Gasteiger partial charge in [0, 0.05) is 13.0 Å². The van der Waals surface area contributed by atoms with Crippen LogP contribution in [0.15, 0.2) is 33.6 Å². The summed E-state index contributed by atoms with van der Waals surface area (Å²) in [5, 5.41) is 0. The highest BCUT2D eigenvalue weighted by Gasteiger charge is 2.32. The van der Waals surface area contributed by atoms with E-state index in [0.29, 0.717) is 10.7 Å². The Morgan fingerprint density at radius 1 is 1.27 bits per heavy atom. The number of hydrogen-bond donors (Lipinski definition) is 0. The summed E-state index contributed by atoms with van der Waals surface area (Å²) in [5.74, 6) is 0.689. The monoisotopic (exact) mass is 222 g/mol. The van der Waals surface area contributed by atoms with E-state index in [1.165, 1.54) is 0 Å². The van der Waals surface area contributed by atoms with Crippen LogP contribution in [0.3, 0.4) is 0 Å². The summed E-state index contributed by atoms with van der Waals surface area (Å²) in [7, 11) is -3.45. The molecule has 1 aromatic rings. The summed E-state index contributed by atoms with van der Waals surface area (Å²) in [5.41, 5.74) is 0.778. The number of sulfonamides is 1. The van der Waals surface area contributed by atoms with Gasteiger partial charge in [-0.3, -0.25) is 0 Å². The summed E-state index contributed by atoms with van der Waals surface area (Å²) < 4.78 is 27.4. The Hall–Kier alpha value is -1.36.